The first-order valence-electron chi connectivity index (χ1n) is 25.8. The number of anilines is 3. The molecular formula is C54H60F3N17O5. The Morgan fingerprint density at radius 2 is 0.949 bits per heavy atom. The lowest BCUT2D eigenvalue weighted by Crippen LogP contribution is -2.50. The van der Waals surface area contributed by atoms with Crippen molar-refractivity contribution in [2.24, 2.45) is 5.73 Å². The number of benzene rings is 4. The molecule has 10 rings (SSSR count). The van der Waals surface area contributed by atoms with Gasteiger partial charge >= 0.3 is 12.1 Å². The van der Waals surface area contributed by atoms with Crippen LogP contribution in [0.3, 0.4) is 0 Å². The average molecular weight is 1080 g/mol. The number of hydrogen-bond acceptors (Lipinski definition) is 18. The van der Waals surface area contributed by atoms with Gasteiger partial charge in [0.25, 0.3) is 5.69 Å². The van der Waals surface area contributed by atoms with Crippen molar-refractivity contribution in [3.8, 4) is 39.5 Å². The number of nitrogens with one attached hydrogen (secondary N) is 2. The van der Waals surface area contributed by atoms with Crippen LogP contribution in [0.1, 0.15) is 52.4 Å². The zero-order valence-corrected chi connectivity index (χ0v) is 43.8. The molecule has 0 unspecified atom stereocenters. The third-order valence-electron chi connectivity index (χ3n) is 13.4. The number of non-ortho nitro benzene ring substituents is 1. The van der Waals surface area contributed by atoms with E-state index < -0.39 is 11.0 Å². The van der Waals surface area contributed by atoms with Gasteiger partial charge in [0.15, 0.2) is 0 Å². The lowest BCUT2D eigenvalue weighted by atomic mass is 10.1. The van der Waals surface area contributed by atoms with E-state index >= 15 is 0 Å². The molecule has 0 spiro atoms. The fourth-order valence-corrected chi connectivity index (χ4v) is 8.56. The molecule has 0 aliphatic carbocycles. The number of amides is 3. The first-order chi connectivity index (χ1) is 38.1. The Balaban J connectivity index is 0.000000160. The summed E-state index contributed by atoms with van der Waals surface area (Å²) >= 11 is 0. The summed E-state index contributed by atoms with van der Waals surface area (Å²) in [6.45, 7) is 8.36. The van der Waals surface area contributed by atoms with Crippen molar-refractivity contribution in [1.29, 1.82) is 0 Å². The normalized spacial score (nSPS) is 15.0. The molecule has 0 atom stereocenters. The lowest BCUT2D eigenvalue weighted by Gasteiger charge is -2.33. The molecule has 7 aromatic rings. The van der Waals surface area contributed by atoms with Crippen LogP contribution in [0.5, 0.6) is 5.75 Å². The molecule has 0 radical (unpaired) electrons. The van der Waals surface area contributed by atoms with Gasteiger partial charge in [-0.15, -0.1) is 15.3 Å². The molecule has 3 saturated heterocycles. The van der Waals surface area contributed by atoms with Crippen molar-refractivity contribution in [2.75, 3.05) is 61.0 Å². The minimum Gasteiger partial charge on any atom is -0.410 e. The summed E-state index contributed by atoms with van der Waals surface area (Å²) in [4.78, 5) is 55.9. The number of piperidine rings is 3. The van der Waals surface area contributed by atoms with Crippen molar-refractivity contribution in [3.63, 3.8) is 0 Å². The minimum absolute atomic E-state index is 0.0420. The minimum atomic E-state index is -0.617. The molecule has 0 saturated carbocycles. The molecule has 6 heterocycles. The van der Waals surface area contributed by atoms with E-state index in [1.165, 1.54) is 66.9 Å². The van der Waals surface area contributed by atoms with Crippen molar-refractivity contribution in [3.05, 3.63) is 143 Å². The second-order valence-electron chi connectivity index (χ2n) is 19.2. The quantitative estimate of drug-likeness (QED) is 0.0829. The third-order valence-corrected chi connectivity index (χ3v) is 13.4. The summed E-state index contributed by atoms with van der Waals surface area (Å²) in [6, 6.07) is 24.1. The molecule has 79 heavy (non-hydrogen) atoms. The smallest absolute Gasteiger partial charge is 0.410 e. The summed E-state index contributed by atoms with van der Waals surface area (Å²) in [5, 5.41) is 40.9. The first-order valence-corrected chi connectivity index (χ1v) is 25.8. The number of carbonyl (C=O) groups is 2. The summed E-state index contributed by atoms with van der Waals surface area (Å²) in [7, 11) is 1.80. The Labute approximate surface area is 453 Å². The predicted octanol–water partition coefficient (Wildman–Crippen LogP) is 7.64. The fourth-order valence-electron chi connectivity index (χ4n) is 8.56. The standard InChI is InChI=1S/C21H19FN6O4.C19H25FN6O.C14H16FN5/c22-15-3-1-14(2-4-15)19-13-23-26-20(25-19)27-11-9-16(10-12-27)24-21(29)32-18-7-5-17(6-8-18)28(30)31;1-13(2)25(3)19(27)22-16-8-10-26(11-9-16)18-23-17(12-21-24-18)14-4-6-15(20)7-5-14;15-11-3-1-10(2-4-11)13-9-17-19-14(18-13)20-7-5-12(16)6-8-20/h1-8,13,16H,9-12H2,(H,24,29);4-7,12-13,16H,8-11H2,1-3H3,(H,22,27);1-4,9,12H,5-8,16H2. The Hall–Kier alpha value is -9.00. The topological polar surface area (TPSA) is 266 Å². The number of carbonyl (C=O) groups excluding carboxylic acids is 2. The maximum absolute atomic E-state index is 13.1. The number of rotatable bonds is 11. The number of ether oxygens (including phenoxy) is 1. The Morgan fingerprint density at radius 1 is 0.595 bits per heavy atom. The number of nitro benzene ring substituents is 1. The van der Waals surface area contributed by atoms with Gasteiger partial charge in [0.05, 0.1) is 40.6 Å². The van der Waals surface area contributed by atoms with E-state index in [1.54, 1.807) is 60.7 Å². The number of urea groups is 1. The van der Waals surface area contributed by atoms with Gasteiger partial charge in [0.2, 0.25) is 17.8 Å². The highest BCUT2D eigenvalue weighted by Gasteiger charge is 2.26. The summed E-state index contributed by atoms with van der Waals surface area (Å²) in [5.41, 5.74) is 10.1. The van der Waals surface area contributed by atoms with E-state index in [0.29, 0.717) is 60.9 Å². The molecule has 412 valence electrons. The highest BCUT2D eigenvalue weighted by molar-refractivity contribution is 5.74. The van der Waals surface area contributed by atoms with Gasteiger partial charge in [-0.25, -0.2) is 37.7 Å². The van der Waals surface area contributed by atoms with Crippen LogP contribution >= 0.6 is 0 Å². The van der Waals surface area contributed by atoms with Crippen LogP contribution in [0.2, 0.25) is 0 Å². The molecule has 25 heteroatoms. The summed E-state index contributed by atoms with van der Waals surface area (Å²) in [6.07, 6.45) is 8.89. The molecule has 3 fully saturated rings. The van der Waals surface area contributed by atoms with Crippen LogP contribution in [-0.2, 0) is 0 Å². The highest BCUT2D eigenvalue weighted by Crippen LogP contribution is 2.25. The average Bonchev–Trinajstić information content (AvgIpc) is 3.48. The number of hydrogen-bond donors (Lipinski definition) is 3. The second-order valence-corrected chi connectivity index (χ2v) is 19.2. The van der Waals surface area contributed by atoms with Crippen molar-refractivity contribution >= 4 is 35.7 Å². The number of nitro groups is 1. The van der Waals surface area contributed by atoms with Gasteiger partial charge in [0, 0.05) is 99.3 Å². The van der Waals surface area contributed by atoms with Gasteiger partial charge in [-0.2, -0.15) is 15.3 Å². The molecule has 4 aromatic carbocycles. The molecule has 3 aliphatic rings. The maximum Gasteiger partial charge on any atom is 0.412 e. The zero-order valence-electron chi connectivity index (χ0n) is 43.8. The Kier molecular flexibility index (Phi) is 19.1. The first kappa shape index (κ1) is 56.2. The van der Waals surface area contributed by atoms with Gasteiger partial charge < -0.3 is 40.7 Å². The molecule has 22 nitrogen and oxygen atoms in total. The summed E-state index contributed by atoms with van der Waals surface area (Å²) in [5.74, 6) is 0.993. The number of nitrogens with zero attached hydrogens (tertiary/aromatic N) is 14. The van der Waals surface area contributed by atoms with E-state index in [9.17, 15) is 32.9 Å². The molecule has 3 amide bonds. The van der Waals surface area contributed by atoms with Crippen molar-refractivity contribution in [2.45, 2.75) is 76.5 Å². The molecule has 3 aliphatic heterocycles. The molecule has 4 N–H and O–H groups in total. The van der Waals surface area contributed by atoms with E-state index in [4.69, 9.17) is 10.5 Å². The Morgan fingerprint density at radius 3 is 1.30 bits per heavy atom. The van der Waals surface area contributed by atoms with Crippen LogP contribution in [0.4, 0.5) is 46.3 Å². The largest absolute Gasteiger partial charge is 0.412 e. The fraction of sp³-hybridized carbons (Fsp3) is 0.352. The van der Waals surface area contributed by atoms with Crippen LogP contribution < -0.4 is 35.8 Å². The molecule has 3 aromatic heterocycles. The SMILES string of the molecule is CC(C)N(C)C(=O)NC1CCN(c2nncc(-c3ccc(F)cc3)n2)CC1.NC1CCN(c2nncc(-c3ccc(F)cc3)n2)CC1.O=C(NC1CCN(c2nncc(-c3ccc(F)cc3)n2)CC1)Oc1ccc([N+](=O)[O-])cc1. The maximum atomic E-state index is 13.1. The van der Waals surface area contributed by atoms with Crippen LogP contribution in [-0.4, -0.2) is 138 Å². The van der Waals surface area contributed by atoms with Crippen LogP contribution in [0, 0.1) is 27.6 Å². The van der Waals surface area contributed by atoms with E-state index in [-0.39, 0.29) is 59.1 Å². The molecular weight excluding hydrogens is 1020 g/mol. The van der Waals surface area contributed by atoms with E-state index in [1.807, 2.05) is 18.7 Å². The van der Waals surface area contributed by atoms with Gasteiger partial charge in [0.1, 0.15) is 23.2 Å². The van der Waals surface area contributed by atoms with Gasteiger partial charge in [-0.05, 0) is 137 Å². The second kappa shape index (κ2) is 26.9. The van der Waals surface area contributed by atoms with Crippen molar-refractivity contribution < 1.29 is 32.4 Å². The number of halogens is 3. The van der Waals surface area contributed by atoms with Crippen LogP contribution in [0.15, 0.2) is 116 Å². The van der Waals surface area contributed by atoms with Gasteiger partial charge in [-0.1, -0.05) is 0 Å². The van der Waals surface area contributed by atoms with E-state index in [2.05, 4.69) is 66.0 Å². The lowest BCUT2D eigenvalue weighted by molar-refractivity contribution is -0.384. The van der Waals surface area contributed by atoms with Crippen LogP contribution in [0.25, 0.3) is 33.8 Å². The molecule has 0 bridgehead atoms. The number of nitrogens with two attached hydrogens (primary N) is 1. The highest BCUT2D eigenvalue weighted by atomic mass is 19.1. The van der Waals surface area contributed by atoms with Crippen molar-refractivity contribution in [1.82, 2.24) is 61.1 Å². The van der Waals surface area contributed by atoms with E-state index in [0.717, 1.165) is 68.6 Å². The predicted molar refractivity (Wildman–Crippen MR) is 289 cm³/mol. The monoisotopic (exact) mass is 1080 g/mol. The zero-order chi connectivity index (χ0) is 55.8. The number of aromatic nitrogens is 9. The Bertz CT molecular complexity index is 3110. The third kappa shape index (κ3) is 16.0. The summed E-state index contributed by atoms with van der Waals surface area (Å²) < 4.78 is 44.4. The van der Waals surface area contributed by atoms with Gasteiger partial charge in [-0.3, -0.25) is 10.1 Å².